The van der Waals surface area contributed by atoms with Gasteiger partial charge >= 0.3 is 12.2 Å². The molecule has 10 heteroatoms. The highest BCUT2D eigenvalue weighted by atomic mass is 79.9. The first-order chi connectivity index (χ1) is 16.3. The molecule has 0 fully saturated rings. The molecule has 3 N–H and O–H groups in total. The molecule has 2 aromatic rings. The van der Waals surface area contributed by atoms with E-state index in [-0.39, 0.29) is 5.91 Å². The van der Waals surface area contributed by atoms with Crippen molar-refractivity contribution in [3.8, 4) is 0 Å². The van der Waals surface area contributed by atoms with Crippen LogP contribution in [0.4, 0.5) is 15.3 Å². The fourth-order valence-electron chi connectivity index (χ4n) is 2.97. The molecule has 0 aliphatic rings. The third-order valence-electron chi connectivity index (χ3n) is 4.80. The van der Waals surface area contributed by atoms with Crippen LogP contribution in [0.3, 0.4) is 0 Å². The van der Waals surface area contributed by atoms with Crippen molar-refractivity contribution in [3.63, 3.8) is 0 Å². The number of benzene rings is 1. The number of aromatic nitrogens is 1. The second kappa shape index (κ2) is 14.2. The quantitative estimate of drug-likeness (QED) is 0.257. The number of ether oxygens (including phenoxy) is 2. The van der Waals surface area contributed by atoms with E-state index in [2.05, 4.69) is 43.8 Å². The summed E-state index contributed by atoms with van der Waals surface area (Å²) < 4.78 is 11.1. The second-order valence-electron chi connectivity index (χ2n) is 7.64. The molecule has 2 unspecified atom stereocenters. The number of carbonyl (C=O) groups is 3. The van der Waals surface area contributed by atoms with Gasteiger partial charge in [0.15, 0.2) is 6.23 Å². The third-order valence-corrected chi connectivity index (χ3v) is 5.45. The van der Waals surface area contributed by atoms with E-state index < -0.39 is 24.5 Å². The summed E-state index contributed by atoms with van der Waals surface area (Å²) in [5, 5.41) is 7.91. The van der Waals surface area contributed by atoms with Gasteiger partial charge in [-0.3, -0.25) is 15.1 Å². The van der Waals surface area contributed by atoms with Crippen LogP contribution in [0.2, 0.25) is 0 Å². The second-order valence-corrected chi connectivity index (χ2v) is 8.49. The van der Waals surface area contributed by atoms with Crippen LogP contribution in [0.1, 0.15) is 68.6 Å². The number of halogens is 1. The third kappa shape index (κ3) is 9.38. The Morgan fingerprint density at radius 2 is 1.82 bits per heavy atom. The van der Waals surface area contributed by atoms with E-state index in [4.69, 9.17) is 9.47 Å². The van der Waals surface area contributed by atoms with Gasteiger partial charge in [0.05, 0.1) is 5.69 Å². The number of anilines is 1. The van der Waals surface area contributed by atoms with Crippen molar-refractivity contribution in [2.24, 2.45) is 0 Å². The lowest BCUT2D eigenvalue weighted by molar-refractivity contribution is 0.0638. The molecule has 3 amide bonds. The highest BCUT2D eigenvalue weighted by Crippen LogP contribution is 2.28. The molecule has 0 spiro atoms. The number of pyridine rings is 1. The molecule has 1 heterocycles. The Morgan fingerprint density at radius 3 is 2.50 bits per heavy atom. The van der Waals surface area contributed by atoms with Crippen LogP contribution < -0.4 is 16.0 Å². The molecule has 184 valence electrons. The van der Waals surface area contributed by atoms with Crippen molar-refractivity contribution < 1.29 is 23.9 Å². The average molecular weight is 535 g/mol. The van der Waals surface area contributed by atoms with Crippen LogP contribution >= 0.6 is 15.9 Å². The number of carbonyl (C=O) groups excluding carboxylic acids is 3. The predicted octanol–water partition coefficient (Wildman–Crippen LogP) is 5.54. The zero-order chi connectivity index (χ0) is 24.9. The van der Waals surface area contributed by atoms with Crippen molar-refractivity contribution in [3.05, 3.63) is 58.3 Å². The molecule has 34 heavy (non-hydrogen) atoms. The number of nitrogens with zero attached hydrogens (tertiary/aromatic N) is 1. The van der Waals surface area contributed by atoms with Crippen molar-refractivity contribution >= 4 is 39.7 Å². The molecular formula is C24H31BrN4O5. The van der Waals surface area contributed by atoms with Gasteiger partial charge in [-0.2, -0.15) is 0 Å². The minimum Gasteiger partial charge on any atom is -0.442 e. The van der Waals surface area contributed by atoms with Gasteiger partial charge in [-0.1, -0.05) is 38.3 Å². The zero-order valence-corrected chi connectivity index (χ0v) is 21.2. The van der Waals surface area contributed by atoms with Gasteiger partial charge in [0.25, 0.3) is 5.91 Å². The Labute approximate surface area is 208 Å². The summed E-state index contributed by atoms with van der Waals surface area (Å²) in [7, 11) is 0. The summed E-state index contributed by atoms with van der Waals surface area (Å²) in [5.41, 5.74) is 1.56. The van der Waals surface area contributed by atoms with E-state index in [1.165, 1.54) is 6.92 Å². The summed E-state index contributed by atoms with van der Waals surface area (Å²) in [5.74, 6) is -0.336. The Bertz CT molecular complexity index is 958. The average Bonchev–Trinajstić information content (AvgIpc) is 2.80. The lowest BCUT2D eigenvalue weighted by atomic mass is 10.1. The van der Waals surface area contributed by atoms with Crippen LogP contribution in [-0.2, 0) is 9.47 Å². The molecule has 0 saturated carbocycles. The molecule has 2 atom stereocenters. The monoisotopic (exact) mass is 534 g/mol. The lowest BCUT2D eigenvalue weighted by Crippen LogP contribution is -2.39. The Balaban J connectivity index is 1.80. The SMILES string of the molecule is CCCCCCNC(=O)OC(C)NC(=O)OC(C)c1ccc(NC(=O)c2ccccn2)c(Br)c1. The molecule has 9 nitrogen and oxygen atoms in total. The van der Waals surface area contributed by atoms with E-state index >= 15 is 0 Å². The van der Waals surface area contributed by atoms with Gasteiger partial charge in [-0.25, -0.2) is 9.59 Å². The maximum absolute atomic E-state index is 12.3. The minimum absolute atomic E-state index is 0.299. The maximum Gasteiger partial charge on any atom is 0.410 e. The summed E-state index contributed by atoms with van der Waals surface area (Å²) in [6.45, 7) is 5.90. The van der Waals surface area contributed by atoms with E-state index in [9.17, 15) is 14.4 Å². The standard InChI is InChI=1S/C24H31BrN4O5/c1-4-5-6-8-14-27-23(31)34-17(3)28-24(32)33-16(2)18-11-12-20(19(25)15-18)29-22(30)21-10-7-9-13-26-21/h7,9-13,15-17H,4-6,8,14H2,1-3H3,(H,27,31)(H,28,32)(H,29,30). The van der Waals surface area contributed by atoms with Gasteiger partial charge in [0.1, 0.15) is 11.8 Å². The number of hydrogen-bond acceptors (Lipinski definition) is 6. The van der Waals surface area contributed by atoms with E-state index in [1.807, 2.05) is 0 Å². The molecule has 0 radical (unpaired) electrons. The van der Waals surface area contributed by atoms with Gasteiger partial charge in [-0.05, 0) is 66.0 Å². The van der Waals surface area contributed by atoms with Crippen molar-refractivity contribution in [1.29, 1.82) is 0 Å². The zero-order valence-electron chi connectivity index (χ0n) is 19.6. The summed E-state index contributed by atoms with van der Waals surface area (Å²) in [4.78, 5) is 40.3. The molecule has 1 aromatic heterocycles. The summed E-state index contributed by atoms with van der Waals surface area (Å²) >= 11 is 3.43. The fraction of sp³-hybridized carbons (Fsp3) is 0.417. The van der Waals surface area contributed by atoms with Gasteiger partial charge in [-0.15, -0.1) is 0 Å². The Morgan fingerprint density at radius 1 is 1.03 bits per heavy atom. The van der Waals surface area contributed by atoms with Crippen molar-refractivity contribution in [2.75, 3.05) is 11.9 Å². The smallest absolute Gasteiger partial charge is 0.410 e. The number of amides is 3. The molecular weight excluding hydrogens is 504 g/mol. The fourth-order valence-corrected chi connectivity index (χ4v) is 3.47. The molecule has 2 rings (SSSR count). The molecule has 0 saturated heterocycles. The van der Waals surface area contributed by atoms with Crippen LogP contribution in [0.5, 0.6) is 0 Å². The predicted molar refractivity (Wildman–Crippen MR) is 132 cm³/mol. The Kier molecular flexibility index (Phi) is 11.3. The Hall–Kier alpha value is -3.14. The summed E-state index contributed by atoms with van der Waals surface area (Å²) in [6, 6.07) is 10.3. The first-order valence-electron chi connectivity index (χ1n) is 11.2. The van der Waals surface area contributed by atoms with Crippen molar-refractivity contribution in [1.82, 2.24) is 15.6 Å². The molecule has 0 bridgehead atoms. The largest absolute Gasteiger partial charge is 0.442 e. The van der Waals surface area contributed by atoms with Crippen LogP contribution in [0.15, 0.2) is 47.1 Å². The minimum atomic E-state index is -0.855. The highest BCUT2D eigenvalue weighted by molar-refractivity contribution is 9.10. The highest BCUT2D eigenvalue weighted by Gasteiger charge is 2.17. The van der Waals surface area contributed by atoms with Crippen LogP contribution in [0, 0.1) is 0 Å². The molecule has 0 aliphatic carbocycles. The summed E-state index contributed by atoms with van der Waals surface area (Å²) in [6.07, 6.45) is 2.96. The van der Waals surface area contributed by atoms with Crippen LogP contribution in [0.25, 0.3) is 0 Å². The van der Waals surface area contributed by atoms with Gasteiger partial charge < -0.3 is 20.1 Å². The number of unbranched alkanes of at least 4 members (excludes halogenated alkanes) is 3. The number of hydrogen-bond donors (Lipinski definition) is 3. The first-order valence-corrected chi connectivity index (χ1v) is 12.0. The maximum atomic E-state index is 12.3. The lowest BCUT2D eigenvalue weighted by Gasteiger charge is -2.19. The van der Waals surface area contributed by atoms with E-state index in [0.29, 0.717) is 28.0 Å². The van der Waals surface area contributed by atoms with Gasteiger partial charge in [0, 0.05) is 17.2 Å². The van der Waals surface area contributed by atoms with Crippen LogP contribution in [-0.4, -0.2) is 35.9 Å². The first kappa shape index (κ1) is 27.1. The van der Waals surface area contributed by atoms with Crippen molar-refractivity contribution in [2.45, 2.75) is 58.8 Å². The topological polar surface area (TPSA) is 119 Å². The normalized spacial score (nSPS) is 12.2. The van der Waals surface area contributed by atoms with E-state index in [1.54, 1.807) is 49.5 Å². The number of rotatable bonds is 11. The van der Waals surface area contributed by atoms with Gasteiger partial charge in [0.2, 0.25) is 0 Å². The molecule has 0 aliphatic heterocycles. The number of nitrogens with one attached hydrogen (secondary N) is 3. The molecule has 1 aromatic carbocycles. The number of alkyl carbamates (subject to hydrolysis) is 2. The van der Waals surface area contributed by atoms with E-state index in [0.717, 1.165) is 25.7 Å².